The van der Waals surface area contributed by atoms with Gasteiger partial charge in [0.1, 0.15) is 0 Å². The quantitative estimate of drug-likeness (QED) is 0.262. The normalized spacial score (nSPS) is 30.3. The molecule has 0 spiro atoms. The molecule has 7 rings (SSSR count). The third-order valence-corrected chi connectivity index (χ3v) is 12.4. The Hall–Kier alpha value is -2.90. The lowest BCUT2D eigenvalue weighted by molar-refractivity contribution is -0.130. The van der Waals surface area contributed by atoms with Gasteiger partial charge in [-0.1, -0.05) is 71.7 Å². The molecule has 0 aromatic heterocycles. The van der Waals surface area contributed by atoms with Crippen LogP contribution in [0.5, 0.6) is 0 Å². The molecule has 0 aliphatic carbocycles. The van der Waals surface area contributed by atoms with E-state index < -0.39 is 0 Å². The van der Waals surface area contributed by atoms with Gasteiger partial charge in [-0.2, -0.15) is 0 Å². The van der Waals surface area contributed by atoms with Crippen LogP contribution in [0.15, 0.2) is 72.8 Å². The van der Waals surface area contributed by atoms with Crippen LogP contribution in [0.4, 0.5) is 0 Å². The minimum atomic E-state index is -0.0823. The third kappa shape index (κ3) is 6.72. The Balaban J connectivity index is 0.939. The maximum absolute atomic E-state index is 13.7. The summed E-state index contributed by atoms with van der Waals surface area (Å²) >= 11 is 12.4. The summed E-state index contributed by atoms with van der Waals surface area (Å²) in [4.78, 5) is 32.3. The molecule has 4 fully saturated rings. The topological polar surface area (TPSA) is 64.7 Å². The highest BCUT2D eigenvalue weighted by molar-refractivity contribution is 6.30. The van der Waals surface area contributed by atoms with Crippen molar-refractivity contribution in [3.63, 3.8) is 0 Å². The molecule has 248 valence electrons. The minimum absolute atomic E-state index is 0.0655. The van der Waals surface area contributed by atoms with Crippen molar-refractivity contribution in [3.05, 3.63) is 105 Å². The van der Waals surface area contributed by atoms with E-state index >= 15 is 0 Å². The van der Waals surface area contributed by atoms with Crippen molar-refractivity contribution in [2.24, 2.45) is 11.8 Å². The molecule has 4 saturated heterocycles. The van der Waals surface area contributed by atoms with E-state index in [0.717, 1.165) is 60.6 Å². The Labute approximate surface area is 289 Å². The molecular formula is C39H46Cl2N4O2. The van der Waals surface area contributed by atoms with Crippen LogP contribution >= 0.6 is 23.2 Å². The van der Waals surface area contributed by atoms with Crippen molar-refractivity contribution >= 4 is 35.0 Å². The Morgan fingerprint density at radius 3 is 1.57 bits per heavy atom. The third-order valence-electron chi connectivity index (χ3n) is 11.9. The zero-order valence-electron chi connectivity index (χ0n) is 27.4. The van der Waals surface area contributed by atoms with E-state index in [2.05, 4.69) is 83.1 Å². The molecule has 8 heteroatoms. The van der Waals surface area contributed by atoms with Gasteiger partial charge in [0, 0.05) is 47.3 Å². The van der Waals surface area contributed by atoms with Crippen LogP contribution in [0.25, 0.3) is 0 Å². The molecule has 2 amide bonds. The smallest absolute Gasteiger partial charge is 0.225 e. The van der Waals surface area contributed by atoms with Gasteiger partial charge in [-0.25, -0.2) is 0 Å². The number of carbonyl (C=O) groups is 2. The summed E-state index contributed by atoms with van der Waals surface area (Å²) in [6.07, 6.45) is 7.21. The molecule has 6 nitrogen and oxygen atoms in total. The number of halogens is 2. The SMILES string of the molecule is CN1C2CCC1[C@@H](C(=O)NCc1ccc(CCNC(=O)[C@H]3C4CCC(C[C@@H]3c3ccc(Cl)cc3)N4C)cc1)[C@@H](c1ccc(Cl)cc1)C2. The second kappa shape index (κ2) is 13.9. The summed E-state index contributed by atoms with van der Waals surface area (Å²) in [6.45, 7) is 1.10. The van der Waals surface area contributed by atoms with E-state index in [1.807, 2.05) is 24.3 Å². The molecular weight excluding hydrogens is 627 g/mol. The largest absolute Gasteiger partial charge is 0.355 e. The lowest BCUT2D eigenvalue weighted by Crippen LogP contribution is -2.51. The first-order valence-corrected chi connectivity index (χ1v) is 18.1. The summed E-state index contributed by atoms with van der Waals surface area (Å²) in [6, 6.07) is 26.2. The van der Waals surface area contributed by atoms with Gasteiger partial charge in [-0.3, -0.25) is 19.4 Å². The molecule has 0 radical (unpaired) electrons. The molecule has 47 heavy (non-hydrogen) atoms. The second-order valence-electron chi connectivity index (χ2n) is 14.3. The summed E-state index contributed by atoms with van der Waals surface area (Å²) < 4.78 is 0. The van der Waals surface area contributed by atoms with Gasteiger partial charge in [-0.15, -0.1) is 0 Å². The van der Waals surface area contributed by atoms with E-state index in [-0.39, 0.29) is 47.6 Å². The number of nitrogens with one attached hydrogen (secondary N) is 2. The van der Waals surface area contributed by atoms with Crippen molar-refractivity contribution in [3.8, 4) is 0 Å². The van der Waals surface area contributed by atoms with Gasteiger partial charge in [0.25, 0.3) is 0 Å². The first-order valence-electron chi connectivity index (χ1n) is 17.3. The van der Waals surface area contributed by atoms with Crippen LogP contribution in [0.2, 0.25) is 10.0 Å². The Morgan fingerprint density at radius 2 is 1.09 bits per heavy atom. The summed E-state index contributed by atoms with van der Waals surface area (Å²) in [5.41, 5.74) is 4.67. The van der Waals surface area contributed by atoms with E-state index in [9.17, 15) is 9.59 Å². The van der Waals surface area contributed by atoms with Crippen LogP contribution in [-0.4, -0.2) is 66.4 Å². The van der Waals surface area contributed by atoms with Crippen molar-refractivity contribution in [1.82, 2.24) is 20.4 Å². The van der Waals surface area contributed by atoms with Gasteiger partial charge >= 0.3 is 0 Å². The number of rotatable bonds is 9. The van der Waals surface area contributed by atoms with Crippen molar-refractivity contribution in [2.45, 2.75) is 87.5 Å². The highest BCUT2D eigenvalue weighted by atomic mass is 35.5. The zero-order chi connectivity index (χ0) is 32.7. The van der Waals surface area contributed by atoms with Gasteiger partial charge in [0.15, 0.2) is 0 Å². The monoisotopic (exact) mass is 672 g/mol. The van der Waals surface area contributed by atoms with Gasteiger partial charge in [-0.05, 0) is 117 Å². The van der Waals surface area contributed by atoms with Crippen LogP contribution in [0.3, 0.4) is 0 Å². The highest BCUT2D eigenvalue weighted by Crippen LogP contribution is 2.47. The van der Waals surface area contributed by atoms with Gasteiger partial charge in [0.2, 0.25) is 11.8 Å². The van der Waals surface area contributed by atoms with Crippen molar-refractivity contribution in [1.29, 1.82) is 0 Å². The number of benzene rings is 3. The zero-order valence-corrected chi connectivity index (χ0v) is 28.9. The molecule has 3 aromatic carbocycles. The predicted octanol–water partition coefficient (Wildman–Crippen LogP) is 6.80. The fraction of sp³-hybridized carbons (Fsp3) is 0.487. The molecule has 0 saturated carbocycles. The fourth-order valence-corrected chi connectivity index (χ4v) is 9.58. The van der Waals surface area contributed by atoms with E-state index in [1.165, 1.54) is 16.7 Å². The lowest BCUT2D eigenvalue weighted by Gasteiger charge is -2.42. The van der Waals surface area contributed by atoms with Crippen LogP contribution in [0, 0.1) is 11.8 Å². The number of hydrogen-bond donors (Lipinski definition) is 2. The maximum atomic E-state index is 13.7. The first-order chi connectivity index (χ1) is 22.8. The molecule has 4 heterocycles. The van der Waals surface area contributed by atoms with Crippen LogP contribution in [-0.2, 0) is 22.6 Å². The molecule has 4 bridgehead atoms. The number of carbonyl (C=O) groups excluding carboxylic acids is 2. The fourth-order valence-electron chi connectivity index (χ4n) is 9.33. The van der Waals surface area contributed by atoms with E-state index in [1.54, 1.807) is 0 Å². The number of fused-ring (bicyclic) bond motifs is 4. The summed E-state index contributed by atoms with van der Waals surface area (Å²) in [7, 11) is 4.36. The van der Waals surface area contributed by atoms with Crippen molar-refractivity contribution < 1.29 is 9.59 Å². The highest BCUT2D eigenvalue weighted by Gasteiger charge is 2.50. The second-order valence-corrected chi connectivity index (χ2v) is 15.2. The Bertz CT molecular complexity index is 1560. The standard InChI is InChI=1S/C39H46Cl2N4O2/c1-44-30-15-17-34(44)36(32(21-30)26-7-11-28(40)12-8-26)38(46)42-20-19-24-3-5-25(6-4-24)23-43-39(47)37-33(27-9-13-29(41)14-10-27)22-31-16-18-35(37)45(31)2/h3-14,30-37H,15-23H2,1-2H3,(H,42,46)(H,43,47)/t30?,31?,32-,33-,34?,35?,36-,37+/m1/s1. The lowest BCUT2D eigenvalue weighted by atomic mass is 9.75. The minimum Gasteiger partial charge on any atom is -0.355 e. The van der Waals surface area contributed by atoms with E-state index in [4.69, 9.17) is 23.2 Å². The molecule has 4 unspecified atom stereocenters. The maximum Gasteiger partial charge on any atom is 0.225 e. The Kier molecular flexibility index (Phi) is 9.66. The molecule has 2 N–H and O–H groups in total. The first kappa shape index (κ1) is 32.6. The van der Waals surface area contributed by atoms with Crippen LogP contribution in [0.1, 0.15) is 72.6 Å². The Morgan fingerprint density at radius 1 is 0.638 bits per heavy atom. The molecule has 4 aliphatic rings. The summed E-state index contributed by atoms with van der Waals surface area (Å²) in [5.74, 6) is 0.545. The van der Waals surface area contributed by atoms with Crippen molar-refractivity contribution in [2.75, 3.05) is 20.6 Å². The molecule has 4 aliphatic heterocycles. The van der Waals surface area contributed by atoms with E-state index in [0.29, 0.717) is 25.2 Å². The number of nitrogens with zero attached hydrogens (tertiary/aromatic N) is 2. The van der Waals surface area contributed by atoms with Crippen LogP contribution < -0.4 is 10.6 Å². The average Bonchev–Trinajstić information content (AvgIpc) is 3.43. The molecule has 3 aromatic rings. The summed E-state index contributed by atoms with van der Waals surface area (Å²) in [5, 5.41) is 8.01. The number of piperidine rings is 2. The number of amides is 2. The van der Waals surface area contributed by atoms with Gasteiger partial charge in [0.05, 0.1) is 11.8 Å². The molecule has 8 atom stereocenters. The average molecular weight is 674 g/mol. The number of hydrogen-bond acceptors (Lipinski definition) is 4. The predicted molar refractivity (Wildman–Crippen MR) is 189 cm³/mol. The van der Waals surface area contributed by atoms with Gasteiger partial charge < -0.3 is 10.6 Å².